The first-order valence-corrected chi connectivity index (χ1v) is 11.3. The van der Waals surface area contributed by atoms with Crippen LogP contribution in [0.4, 0.5) is 8.78 Å². The van der Waals surface area contributed by atoms with E-state index in [9.17, 15) is 17.2 Å². The highest BCUT2D eigenvalue weighted by molar-refractivity contribution is 9.10. The Labute approximate surface area is 170 Å². The van der Waals surface area contributed by atoms with Gasteiger partial charge in [0, 0.05) is 21.6 Å². The number of nitrogens with one attached hydrogen (secondary N) is 1. The molecule has 2 heterocycles. The van der Waals surface area contributed by atoms with Crippen LogP contribution in [-0.2, 0) is 10.0 Å². The molecular formula is C20H19BrF2N2O2S. The molecule has 4 nitrogen and oxygen atoms in total. The second kappa shape index (κ2) is 7.57. The molecule has 1 aliphatic heterocycles. The normalized spacial score (nSPS) is 16.1. The van der Waals surface area contributed by atoms with Crippen LogP contribution in [0.1, 0.15) is 36.3 Å². The molecule has 1 aromatic heterocycles. The lowest BCUT2D eigenvalue weighted by Gasteiger charge is -2.24. The number of rotatable bonds is 4. The molecule has 0 saturated carbocycles. The Morgan fingerprint density at radius 1 is 1.11 bits per heavy atom. The lowest BCUT2D eigenvalue weighted by Crippen LogP contribution is -2.26. The number of halogens is 3. The molecule has 8 heteroatoms. The molecule has 1 saturated heterocycles. The molecule has 0 bridgehead atoms. The minimum absolute atomic E-state index is 0.0480. The van der Waals surface area contributed by atoms with Gasteiger partial charge in [0.25, 0.3) is 16.4 Å². The van der Waals surface area contributed by atoms with Gasteiger partial charge in [-0.25, -0.2) is 21.2 Å². The molecule has 0 aliphatic carbocycles. The standard InChI is InChI=1S/C20H19BrF2N2O2S/c21-14-3-1-4-15(11-14)28(26,27)25-12-17(20(22)23)19-16(5-2-6-18(19)25)13-7-9-24-10-8-13/h1-6,11-13,20,24H,7-10H2. The summed E-state index contributed by atoms with van der Waals surface area (Å²) in [4.78, 5) is 0.0480. The maximum Gasteiger partial charge on any atom is 0.268 e. The Morgan fingerprint density at radius 2 is 1.82 bits per heavy atom. The van der Waals surface area contributed by atoms with Crippen molar-refractivity contribution in [2.75, 3.05) is 13.1 Å². The topological polar surface area (TPSA) is 51.1 Å². The highest BCUT2D eigenvalue weighted by Crippen LogP contribution is 2.39. The summed E-state index contributed by atoms with van der Waals surface area (Å²) in [6, 6.07) is 11.5. The van der Waals surface area contributed by atoms with Crippen molar-refractivity contribution in [1.82, 2.24) is 9.29 Å². The van der Waals surface area contributed by atoms with Crippen LogP contribution in [0, 0.1) is 0 Å². The molecule has 0 atom stereocenters. The summed E-state index contributed by atoms with van der Waals surface area (Å²) in [5.74, 6) is 0.131. The van der Waals surface area contributed by atoms with E-state index in [1.54, 1.807) is 24.3 Å². The van der Waals surface area contributed by atoms with E-state index in [2.05, 4.69) is 21.2 Å². The Hall–Kier alpha value is -1.77. The van der Waals surface area contributed by atoms with Gasteiger partial charge in [0.05, 0.1) is 10.4 Å². The molecule has 0 spiro atoms. The average molecular weight is 469 g/mol. The van der Waals surface area contributed by atoms with Crippen LogP contribution in [0.25, 0.3) is 10.9 Å². The van der Waals surface area contributed by atoms with Gasteiger partial charge in [0.1, 0.15) is 0 Å². The zero-order valence-electron chi connectivity index (χ0n) is 14.9. The van der Waals surface area contributed by atoms with Crippen LogP contribution in [-0.4, -0.2) is 25.5 Å². The molecule has 1 N–H and O–H groups in total. The summed E-state index contributed by atoms with van der Waals surface area (Å²) >= 11 is 3.27. The minimum atomic E-state index is -4.01. The van der Waals surface area contributed by atoms with Crippen LogP contribution in [0.2, 0.25) is 0 Å². The third-order valence-electron chi connectivity index (χ3n) is 5.22. The van der Waals surface area contributed by atoms with Crippen molar-refractivity contribution in [3.8, 4) is 0 Å². The van der Waals surface area contributed by atoms with E-state index in [0.29, 0.717) is 15.4 Å². The largest absolute Gasteiger partial charge is 0.317 e. The summed E-state index contributed by atoms with van der Waals surface area (Å²) in [7, 11) is -4.01. The average Bonchev–Trinajstić information content (AvgIpc) is 3.09. The van der Waals surface area contributed by atoms with Crippen molar-refractivity contribution in [3.05, 3.63) is 64.3 Å². The summed E-state index contributed by atoms with van der Waals surface area (Å²) in [6.45, 7) is 1.64. The first-order valence-electron chi connectivity index (χ1n) is 9.03. The van der Waals surface area contributed by atoms with Gasteiger partial charge < -0.3 is 5.32 Å². The number of hydrogen-bond donors (Lipinski definition) is 1. The summed E-state index contributed by atoms with van der Waals surface area (Å²) in [6.07, 6.45) is -0.00308. The number of hydrogen-bond acceptors (Lipinski definition) is 3. The lowest BCUT2D eigenvalue weighted by atomic mass is 9.87. The van der Waals surface area contributed by atoms with E-state index in [0.717, 1.165) is 41.7 Å². The molecule has 28 heavy (non-hydrogen) atoms. The van der Waals surface area contributed by atoms with Crippen molar-refractivity contribution in [2.24, 2.45) is 0 Å². The van der Waals surface area contributed by atoms with E-state index in [-0.39, 0.29) is 16.4 Å². The Balaban J connectivity index is 1.96. The van der Waals surface area contributed by atoms with Crippen LogP contribution in [0.15, 0.2) is 58.0 Å². The molecule has 3 aromatic rings. The van der Waals surface area contributed by atoms with Crippen LogP contribution in [0.3, 0.4) is 0 Å². The SMILES string of the molecule is O=S(=O)(c1cccc(Br)c1)n1cc(C(F)F)c2c(C3CCNCC3)cccc21. The van der Waals surface area contributed by atoms with E-state index < -0.39 is 16.4 Å². The highest BCUT2D eigenvalue weighted by Gasteiger charge is 2.28. The van der Waals surface area contributed by atoms with E-state index in [4.69, 9.17) is 0 Å². The van der Waals surface area contributed by atoms with Gasteiger partial charge in [-0.1, -0.05) is 34.1 Å². The second-order valence-corrected chi connectivity index (χ2v) is 9.64. The van der Waals surface area contributed by atoms with Crippen LogP contribution in [0.5, 0.6) is 0 Å². The van der Waals surface area contributed by atoms with E-state index in [1.807, 2.05) is 6.07 Å². The van der Waals surface area contributed by atoms with Crippen molar-refractivity contribution in [1.29, 1.82) is 0 Å². The van der Waals surface area contributed by atoms with Gasteiger partial charge >= 0.3 is 0 Å². The van der Waals surface area contributed by atoms with Crippen LogP contribution < -0.4 is 5.32 Å². The number of benzene rings is 2. The highest BCUT2D eigenvalue weighted by atomic mass is 79.9. The van der Waals surface area contributed by atoms with Gasteiger partial charge in [0.2, 0.25) is 0 Å². The molecule has 0 radical (unpaired) electrons. The number of nitrogens with zero attached hydrogens (tertiary/aromatic N) is 1. The van der Waals surface area contributed by atoms with Gasteiger partial charge in [-0.3, -0.25) is 0 Å². The summed E-state index contributed by atoms with van der Waals surface area (Å²) in [5, 5.41) is 3.64. The molecule has 0 unspecified atom stereocenters. The summed E-state index contributed by atoms with van der Waals surface area (Å²) in [5.41, 5.74) is 0.867. The van der Waals surface area contributed by atoms with Crippen molar-refractivity contribution in [3.63, 3.8) is 0 Å². The van der Waals surface area contributed by atoms with Crippen LogP contribution >= 0.6 is 15.9 Å². The second-order valence-electron chi connectivity index (χ2n) is 6.91. The van der Waals surface area contributed by atoms with Gasteiger partial charge in [0.15, 0.2) is 0 Å². The number of fused-ring (bicyclic) bond motifs is 1. The quantitative estimate of drug-likeness (QED) is 0.582. The molecule has 1 fully saturated rings. The fourth-order valence-corrected chi connectivity index (χ4v) is 5.86. The first-order chi connectivity index (χ1) is 13.4. The number of aromatic nitrogens is 1. The molecule has 1 aliphatic rings. The van der Waals surface area contributed by atoms with Crippen molar-refractivity contribution >= 4 is 36.9 Å². The molecule has 2 aromatic carbocycles. The molecular weight excluding hydrogens is 450 g/mol. The summed E-state index contributed by atoms with van der Waals surface area (Å²) < 4.78 is 55.8. The molecule has 148 valence electrons. The van der Waals surface area contributed by atoms with E-state index in [1.165, 1.54) is 12.1 Å². The third-order valence-corrected chi connectivity index (χ3v) is 7.39. The Kier molecular flexibility index (Phi) is 5.28. The zero-order chi connectivity index (χ0) is 19.9. The fraction of sp³-hybridized carbons (Fsp3) is 0.300. The Morgan fingerprint density at radius 3 is 2.50 bits per heavy atom. The fourth-order valence-electron chi connectivity index (χ4n) is 3.89. The number of alkyl halides is 2. The lowest BCUT2D eigenvalue weighted by molar-refractivity contribution is 0.153. The third kappa shape index (κ3) is 3.38. The smallest absolute Gasteiger partial charge is 0.268 e. The van der Waals surface area contributed by atoms with Crippen molar-refractivity contribution < 1.29 is 17.2 Å². The van der Waals surface area contributed by atoms with Gasteiger partial charge in [-0.05, 0) is 61.7 Å². The monoisotopic (exact) mass is 468 g/mol. The predicted molar refractivity (Wildman–Crippen MR) is 108 cm³/mol. The zero-order valence-corrected chi connectivity index (χ0v) is 17.3. The first kappa shape index (κ1) is 19.5. The number of piperidine rings is 1. The van der Waals surface area contributed by atoms with Gasteiger partial charge in [-0.2, -0.15) is 0 Å². The van der Waals surface area contributed by atoms with Crippen molar-refractivity contribution in [2.45, 2.75) is 30.1 Å². The molecule has 0 amide bonds. The minimum Gasteiger partial charge on any atom is -0.317 e. The Bertz CT molecular complexity index is 1120. The predicted octanol–water partition coefficient (Wildman–Crippen LogP) is 5.05. The maximum atomic E-state index is 13.9. The van der Waals surface area contributed by atoms with E-state index >= 15 is 0 Å². The maximum absolute atomic E-state index is 13.9. The van der Waals surface area contributed by atoms with Gasteiger partial charge in [-0.15, -0.1) is 0 Å². The molecule has 4 rings (SSSR count).